The lowest BCUT2D eigenvalue weighted by molar-refractivity contribution is 0.102. The number of benzene rings is 2. The van der Waals surface area contributed by atoms with Gasteiger partial charge in [0.15, 0.2) is 17.5 Å². The molecule has 0 saturated heterocycles. The van der Waals surface area contributed by atoms with E-state index in [0.29, 0.717) is 30.3 Å². The van der Waals surface area contributed by atoms with Gasteiger partial charge >= 0.3 is 0 Å². The zero-order valence-electron chi connectivity index (χ0n) is 14.5. The van der Waals surface area contributed by atoms with Gasteiger partial charge in [0.2, 0.25) is 0 Å². The maximum absolute atomic E-state index is 13.7. The molecule has 1 amide bonds. The Morgan fingerprint density at radius 3 is 2.39 bits per heavy atom. The van der Waals surface area contributed by atoms with Gasteiger partial charge in [-0.2, -0.15) is 0 Å². The fourth-order valence-corrected chi connectivity index (χ4v) is 2.50. The predicted octanol–water partition coefficient (Wildman–Crippen LogP) is 4.54. The quantitative estimate of drug-likeness (QED) is 0.481. The van der Waals surface area contributed by atoms with Crippen LogP contribution >= 0.6 is 0 Å². The van der Waals surface area contributed by atoms with Crippen LogP contribution in [0.4, 0.5) is 29.1 Å². The molecule has 3 aromatic rings. The molecule has 0 fully saturated rings. The number of carbonyl (C=O) groups excluding carboxylic acids is 1. The van der Waals surface area contributed by atoms with E-state index in [0.717, 1.165) is 6.07 Å². The summed E-state index contributed by atoms with van der Waals surface area (Å²) in [5.74, 6) is -5.78. The summed E-state index contributed by atoms with van der Waals surface area (Å²) < 4.78 is 53.4. The molecule has 3 rings (SSSR count). The second kappa shape index (κ2) is 8.51. The van der Waals surface area contributed by atoms with Gasteiger partial charge < -0.3 is 10.6 Å². The Bertz CT molecular complexity index is 993. The number of aromatic nitrogens is 1. The predicted molar refractivity (Wildman–Crippen MR) is 97.1 cm³/mol. The molecule has 0 spiro atoms. The Morgan fingerprint density at radius 2 is 1.68 bits per heavy atom. The fraction of sp³-hybridized carbons (Fsp3) is 0.100. The lowest BCUT2D eigenvalue weighted by Gasteiger charge is -2.09. The third-order valence-electron chi connectivity index (χ3n) is 3.97. The van der Waals surface area contributed by atoms with Crippen molar-refractivity contribution >= 4 is 17.4 Å². The van der Waals surface area contributed by atoms with Gasteiger partial charge in [-0.3, -0.25) is 4.79 Å². The zero-order chi connectivity index (χ0) is 20.1. The van der Waals surface area contributed by atoms with Gasteiger partial charge in [0.25, 0.3) is 5.91 Å². The minimum Gasteiger partial charge on any atom is -0.383 e. The van der Waals surface area contributed by atoms with E-state index in [9.17, 15) is 22.4 Å². The van der Waals surface area contributed by atoms with Crippen molar-refractivity contribution in [3.63, 3.8) is 0 Å². The highest BCUT2D eigenvalue weighted by Crippen LogP contribution is 2.17. The Balaban J connectivity index is 1.58. The number of hydrogen-bond donors (Lipinski definition) is 2. The molecule has 2 N–H and O–H groups in total. The van der Waals surface area contributed by atoms with Crippen molar-refractivity contribution < 1.29 is 22.4 Å². The molecular weight excluding hydrogens is 374 g/mol. The first-order valence-corrected chi connectivity index (χ1v) is 8.34. The summed E-state index contributed by atoms with van der Waals surface area (Å²) in [4.78, 5) is 16.0. The number of pyridine rings is 1. The largest absolute Gasteiger partial charge is 0.383 e. The van der Waals surface area contributed by atoms with Crippen LogP contribution in [0, 0.1) is 23.3 Å². The topological polar surface area (TPSA) is 54.0 Å². The number of rotatable bonds is 6. The summed E-state index contributed by atoms with van der Waals surface area (Å²) in [6, 6.07) is 11.1. The van der Waals surface area contributed by atoms with Crippen LogP contribution in [-0.2, 0) is 6.42 Å². The Hall–Kier alpha value is -3.42. The molecule has 0 saturated carbocycles. The normalized spacial score (nSPS) is 10.6. The van der Waals surface area contributed by atoms with Crippen molar-refractivity contribution in [1.29, 1.82) is 0 Å². The molecule has 0 aliphatic rings. The maximum atomic E-state index is 13.7. The molecular formula is C20H15F4N3O. The second-order valence-corrected chi connectivity index (χ2v) is 5.88. The molecule has 0 bridgehead atoms. The molecule has 4 nitrogen and oxygen atoms in total. The fourth-order valence-electron chi connectivity index (χ4n) is 2.50. The second-order valence-electron chi connectivity index (χ2n) is 5.88. The SMILES string of the molecule is O=C(Nc1ccc(NCCc2ccccc2F)cn1)c1ccc(F)c(F)c1F. The van der Waals surface area contributed by atoms with E-state index < -0.39 is 28.9 Å². The van der Waals surface area contributed by atoms with Gasteiger partial charge in [-0.1, -0.05) is 18.2 Å². The van der Waals surface area contributed by atoms with Gasteiger partial charge in [0, 0.05) is 6.54 Å². The Morgan fingerprint density at radius 1 is 0.893 bits per heavy atom. The lowest BCUT2D eigenvalue weighted by atomic mass is 10.1. The number of nitrogens with one attached hydrogen (secondary N) is 2. The molecule has 0 atom stereocenters. The van der Waals surface area contributed by atoms with Gasteiger partial charge in [0.1, 0.15) is 11.6 Å². The monoisotopic (exact) mass is 389 g/mol. The summed E-state index contributed by atoms with van der Waals surface area (Å²) >= 11 is 0. The Labute approximate surface area is 158 Å². The van der Waals surface area contributed by atoms with Crippen molar-refractivity contribution in [1.82, 2.24) is 4.98 Å². The van der Waals surface area contributed by atoms with Crippen LogP contribution in [-0.4, -0.2) is 17.4 Å². The number of amides is 1. The molecule has 0 unspecified atom stereocenters. The third-order valence-corrected chi connectivity index (χ3v) is 3.97. The molecule has 1 heterocycles. The standard InChI is InChI=1S/C20H15F4N3O/c21-15-4-2-1-3-12(15)9-10-25-13-5-8-17(26-11-13)27-20(28)14-6-7-16(22)19(24)18(14)23/h1-8,11,25H,9-10H2,(H,26,27,28). The molecule has 144 valence electrons. The molecule has 8 heteroatoms. The van der Waals surface area contributed by atoms with Crippen LogP contribution in [0.25, 0.3) is 0 Å². The van der Waals surface area contributed by atoms with E-state index in [1.807, 2.05) is 0 Å². The van der Waals surface area contributed by atoms with Crippen molar-refractivity contribution in [3.05, 3.63) is 89.1 Å². The first-order valence-electron chi connectivity index (χ1n) is 8.34. The van der Waals surface area contributed by atoms with Gasteiger partial charge in [-0.25, -0.2) is 22.5 Å². The number of halogens is 4. The summed E-state index contributed by atoms with van der Waals surface area (Å²) in [5, 5.41) is 5.37. The van der Waals surface area contributed by atoms with E-state index >= 15 is 0 Å². The summed E-state index contributed by atoms with van der Waals surface area (Å²) in [6.45, 7) is 0.467. The first kappa shape index (κ1) is 19.3. The molecule has 0 aliphatic carbocycles. The van der Waals surface area contributed by atoms with E-state index in [1.54, 1.807) is 24.3 Å². The van der Waals surface area contributed by atoms with Gasteiger partial charge in [-0.15, -0.1) is 0 Å². The zero-order valence-corrected chi connectivity index (χ0v) is 14.5. The molecule has 28 heavy (non-hydrogen) atoms. The van der Waals surface area contributed by atoms with E-state index in [-0.39, 0.29) is 11.6 Å². The van der Waals surface area contributed by atoms with Crippen molar-refractivity contribution in [2.45, 2.75) is 6.42 Å². The first-order chi connectivity index (χ1) is 13.5. The van der Waals surface area contributed by atoms with Gasteiger partial charge in [-0.05, 0) is 42.3 Å². The molecule has 2 aromatic carbocycles. The van der Waals surface area contributed by atoms with E-state index in [1.165, 1.54) is 18.3 Å². The van der Waals surface area contributed by atoms with Gasteiger partial charge in [0.05, 0.1) is 17.4 Å². The highest BCUT2D eigenvalue weighted by molar-refractivity contribution is 6.04. The summed E-state index contributed by atoms with van der Waals surface area (Å²) in [5.41, 5.74) is 0.585. The molecule has 0 aliphatic heterocycles. The number of hydrogen-bond acceptors (Lipinski definition) is 3. The number of nitrogens with zero attached hydrogens (tertiary/aromatic N) is 1. The maximum Gasteiger partial charge on any atom is 0.259 e. The van der Waals surface area contributed by atoms with Crippen molar-refractivity contribution in [3.8, 4) is 0 Å². The summed E-state index contributed by atoms with van der Waals surface area (Å²) in [7, 11) is 0. The lowest BCUT2D eigenvalue weighted by Crippen LogP contribution is -2.16. The van der Waals surface area contributed by atoms with Crippen LogP contribution in [0.5, 0.6) is 0 Å². The average Bonchev–Trinajstić information content (AvgIpc) is 2.69. The highest BCUT2D eigenvalue weighted by Gasteiger charge is 2.19. The van der Waals surface area contributed by atoms with Crippen LogP contribution < -0.4 is 10.6 Å². The summed E-state index contributed by atoms with van der Waals surface area (Å²) in [6.07, 6.45) is 1.90. The number of carbonyl (C=O) groups is 1. The Kier molecular flexibility index (Phi) is 5.88. The van der Waals surface area contributed by atoms with Crippen molar-refractivity contribution in [2.24, 2.45) is 0 Å². The minimum atomic E-state index is -1.71. The van der Waals surface area contributed by atoms with Crippen LogP contribution in [0.1, 0.15) is 15.9 Å². The van der Waals surface area contributed by atoms with Crippen LogP contribution in [0.15, 0.2) is 54.7 Å². The highest BCUT2D eigenvalue weighted by atomic mass is 19.2. The average molecular weight is 389 g/mol. The minimum absolute atomic E-state index is 0.105. The van der Waals surface area contributed by atoms with Crippen LogP contribution in [0.3, 0.4) is 0 Å². The van der Waals surface area contributed by atoms with Crippen molar-refractivity contribution in [2.75, 3.05) is 17.2 Å². The third kappa shape index (κ3) is 4.46. The number of anilines is 2. The van der Waals surface area contributed by atoms with E-state index in [2.05, 4.69) is 15.6 Å². The van der Waals surface area contributed by atoms with Crippen LogP contribution in [0.2, 0.25) is 0 Å². The molecule has 0 radical (unpaired) electrons. The molecule has 1 aromatic heterocycles. The van der Waals surface area contributed by atoms with E-state index in [4.69, 9.17) is 0 Å². The smallest absolute Gasteiger partial charge is 0.259 e.